The van der Waals surface area contributed by atoms with E-state index in [2.05, 4.69) is 15.3 Å². The summed E-state index contributed by atoms with van der Waals surface area (Å²) in [7, 11) is 0. The van der Waals surface area contributed by atoms with Crippen molar-refractivity contribution in [2.75, 3.05) is 16.0 Å². The largest absolute Gasteiger partial charge is 0.324 e. The molecule has 23 heavy (non-hydrogen) atoms. The molecular weight excluding hydrogens is 312 g/mol. The van der Waals surface area contributed by atoms with E-state index in [-0.39, 0.29) is 30.0 Å². The summed E-state index contributed by atoms with van der Waals surface area (Å²) >= 11 is 1.29. The zero-order valence-electron chi connectivity index (χ0n) is 12.6. The molecule has 3 rings (SSSR count). The van der Waals surface area contributed by atoms with Gasteiger partial charge in [-0.2, -0.15) is 0 Å². The highest BCUT2D eigenvalue weighted by Crippen LogP contribution is 2.31. The number of rotatable bonds is 3. The topological polar surface area (TPSA) is 75.2 Å². The second-order valence-corrected chi connectivity index (χ2v) is 6.14. The normalized spacial score (nSPS) is 17.2. The van der Waals surface area contributed by atoms with Gasteiger partial charge in [0.2, 0.25) is 11.8 Å². The molecule has 1 aromatic carbocycles. The van der Waals surface area contributed by atoms with E-state index >= 15 is 0 Å². The minimum absolute atomic E-state index is 0.0705. The number of fused-ring (bicyclic) bond motifs is 1. The first kappa shape index (κ1) is 15.5. The fourth-order valence-electron chi connectivity index (χ4n) is 2.52. The van der Waals surface area contributed by atoms with Crippen molar-refractivity contribution in [3.8, 4) is 0 Å². The van der Waals surface area contributed by atoms with Gasteiger partial charge in [-0.05, 0) is 25.1 Å². The summed E-state index contributed by atoms with van der Waals surface area (Å²) in [6.45, 7) is 1.88. The molecule has 2 heterocycles. The first-order valence-corrected chi connectivity index (χ1v) is 8.24. The molecule has 0 saturated carbocycles. The first-order valence-electron chi connectivity index (χ1n) is 7.26. The van der Waals surface area contributed by atoms with Gasteiger partial charge in [-0.15, -0.1) is 0 Å². The van der Waals surface area contributed by atoms with Crippen LogP contribution in [-0.4, -0.2) is 33.6 Å². The summed E-state index contributed by atoms with van der Waals surface area (Å²) in [4.78, 5) is 34.5. The number of nitrogens with zero attached hydrogens (tertiary/aromatic N) is 3. The molecule has 7 heteroatoms. The summed E-state index contributed by atoms with van der Waals surface area (Å²) in [6.07, 6.45) is 3.56. The standard InChI is InChI=1S/C16H16N4O2S/c1-11-9-14(21)19-12-5-2-3-6-13(12)20(11)15(22)10-23-16-17-7-4-8-18-16/h2-8,11H,9-10H2,1H3,(H,19,21). The van der Waals surface area contributed by atoms with Crippen LogP contribution in [0.25, 0.3) is 0 Å². The molecule has 1 aliphatic heterocycles. The fourth-order valence-corrected chi connectivity index (χ4v) is 3.19. The van der Waals surface area contributed by atoms with Crippen molar-refractivity contribution in [1.29, 1.82) is 0 Å². The third-order valence-corrected chi connectivity index (χ3v) is 4.36. The van der Waals surface area contributed by atoms with Crippen molar-refractivity contribution < 1.29 is 9.59 Å². The lowest BCUT2D eigenvalue weighted by Crippen LogP contribution is -2.40. The van der Waals surface area contributed by atoms with Gasteiger partial charge in [0.1, 0.15) is 0 Å². The van der Waals surface area contributed by atoms with Gasteiger partial charge in [0, 0.05) is 24.9 Å². The second kappa shape index (κ2) is 6.78. The smallest absolute Gasteiger partial charge is 0.237 e. The third-order valence-electron chi connectivity index (χ3n) is 3.49. The minimum Gasteiger partial charge on any atom is -0.324 e. The number of amides is 2. The van der Waals surface area contributed by atoms with Crippen molar-refractivity contribution in [2.24, 2.45) is 0 Å². The molecule has 6 nitrogen and oxygen atoms in total. The van der Waals surface area contributed by atoms with Gasteiger partial charge in [0.25, 0.3) is 0 Å². The van der Waals surface area contributed by atoms with E-state index in [0.717, 1.165) is 5.69 Å². The van der Waals surface area contributed by atoms with Gasteiger partial charge in [-0.3, -0.25) is 9.59 Å². The van der Waals surface area contributed by atoms with Crippen LogP contribution in [0.1, 0.15) is 13.3 Å². The summed E-state index contributed by atoms with van der Waals surface area (Å²) in [5, 5.41) is 3.41. The van der Waals surface area contributed by atoms with Crippen molar-refractivity contribution in [3.05, 3.63) is 42.7 Å². The van der Waals surface area contributed by atoms with E-state index in [9.17, 15) is 9.59 Å². The predicted octanol–water partition coefficient (Wildman–Crippen LogP) is 2.33. The molecule has 1 unspecified atom stereocenters. The minimum atomic E-state index is -0.205. The highest BCUT2D eigenvalue weighted by atomic mass is 32.2. The number of carbonyl (C=O) groups is 2. The Labute approximate surface area is 138 Å². The zero-order valence-corrected chi connectivity index (χ0v) is 13.4. The van der Waals surface area contributed by atoms with Gasteiger partial charge in [0.15, 0.2) is 5.16 Å². The van der Waals surface area contributed by atoms with Crippen LogP contribution >= 0.6 is 11.8 Å². The Balaban J connectivity index is 1.82. The number of hydrogen-bond acceptors (Lipinski definition) is 5. The van der Waals surface area contributed by atoms with Crippen LogP contribution in [0.3, 0.4) is 0 Å². The van der Waals surface area contributed by atoms with Crippen LogP contribution in [0.4, 0.5) is 11.4 Å². The van der Waals surface area contributed by atoms with Crippen LogP contribution < -0.4 is 10.2 Å². The number of hydrogen-bond donors (Lipinski definition) is 1. The molecule has 0 aliphatic carbocycles. The Morgan fingerprint density at radius 2 is 2.04 bits per heavy atom. The first-order chi connectivity index (χ1) is 11.1. The van der Waals surface area contributed by atoms with Crippen LogP contribution in [0.2, 0.25) is 0 Å². The Kier molecular flexibility index (Phi) is 4.57. The van der Waals surface area contributed by atoms with E-state index in [1.807, 2.05) is 25.1 Å². The SMILES string of the molecule is CC1CC(=O)Nc2ccccc2N1C(=O)CSc1ncccn1. The molecule has 1 aliphatic rings. The van der Waals surface area contributed by atoms with Crippen LogP contribution in [0.5, 0.6) is 0 Å². The quantitative estimate of drug-likeness (QED) is 0.691. The average Bonchev–Trinajstić information content (AvgIpc) is 2.68. The van der Waals surface area contributed by atoms with Crippen LogP contribution in [0, 0.1) is 0 Å². The summed E-state index contributed by atoms with van der Waals surface area (Å²) in [5.41, 5.74) is 1.39. The number of thioether (sulfide) groups is 1. The number of nitrogens with one attached hydrogen (secondary N) is 1. The summed E-state index contributed by atoms with van der Waals surface area (Å²) in [5.74, 6) is 0.0647. The van der Waals surface area contributed by atoms with E-state index in [1.165, 1.54) is 11.8 Å². The molecule has 2 amide bonds. The average molecular weight is 328 g/mol. The molecule has 0 bridgehead atoms. The molecular formula is C16H16N4O2S. The lowest BCUT2D eigenvalue weighted by molar-refractivity contribution is -0.117. The molecule has 0 spiro atoms. The molecule has 0 radical (unpaired) electrons. The summed E-state index contributed by atoms with van der Waals surface area (Å²) < 4.78 is 0. The van der Waals surface area contributed by atoms with Crippen molar-refractivity contribution in [1.82, 2.24) is 9.97 Å². The molecule has 0 fully saturated rings. The number of benzene rings is 1. The highest BCUT2D eigenvalue weighted by Gasteiger charge is 2.29. The van der Waals surface area contributed by atoms with Crippen molar-refractivity contribution in [2.45, 2.75) is 24.5 Å². The van der Waals surface area contributed by atoms with E-state index < -0.39 is 0 Å². The molecule has 0 saturated heterocycles. The maximum Gasteiger partial charge on any atom is 0.237 e. The van der Waals surface area contributed by atoms with Gasteiger partial charge in [-0.1, -0.05) is 23.9 Å². The Morgan fingerprint density at radius 3 is 2.83 bits per heavy atom. The van der Waals surface area contributed by atoms with Crippen LogP contribution in [0.15, 0.2) is 47.9 Å². The van der Waals surface area contributed by atoms with Crippen LogP contribution in [-0.2, 0) is 9.59 Å². The van der Waals surface area contributed by atoms with E-state index in [1.54, 1.807) is 29.4 Å². The maximum absolute atomic E-state index is 12.7. The number of carbonyl (C=O) groups excluding carboxylic acids is 2. The Morgan fingerprint density at radius 1 is 1.30 bits per heavy atom. The predicted molar refractivity (Wildman–Crippen MR) is 89.4 cm³/mol. The molecule has 118 valence electrons. The highest BCUT2D eigenvalue weighted by molar-refractivity contribution is 7.99. The Hall–Kier alpha value is -2.41. The molecule has 1 aromatic heterocycles. The molecule has 2 aromatic rings. The Bertz CT molecular complexity index is 723. The van der Waals surface area contributed by atoms with Crippen molar-refractivity contribution in [3.63, 3.8) is 0 Å². The van der Waals surface area contributed by atoms with Crippen molar-refractivity contribution >= 4 is 35.0 Å². The van der Waals surface area contributed by atoms with E-state index in [0.29, 0.717) is 10.8 Å². The zero-order chi connectivity index (χ0) is 16.2. The van der Waals surface area contributed by atoms with Gasteiger partial charge < -0.3 is 10.2 Å². The maximum atomic E-state index is 12.7. The third kappa shape index (κ3) is 3.50. The van der Waals surface area contributed by atoms with Gasteiger partial charge in [0.05, 0.1) is 17.1 Å². The number of anilines is 2. The second-order valence-electron chi connectivity index (χ2n) is 5.20. The lowest BCUT2D eigenvalue weighted by Gasteiger charge is -2.27. The lowest BCUT2D eigenvalue weighted by atomic mass is 10.2. The van der Waals surface area contributed by atoms with E-state index in [4.69, 9.17) is 0 Å². The summed E-state index contributed by atoms with van der Waals surface area (Å²) in [6, 6.07) is 8.87. The fraction of sp³-hybridized carbons (Fsp3) is 0.250. The van der Waals surface area contributed by atoms with Gasteiger partial charge >= 0.3 is 0 Å². The monoisotopic (exact) mass is 328 g/mol. The number of para-hydroxylation sites is 2. The molecule has 1 atom stereocenters. The number of aromatic nitrogens is 2. The van der Waals surface area contributed by atoms with Gasteiger partial charge in [-0.25, -0.2) is 9.97 Å². The molecule has 1 N–H and O–H groups in total.